The highest BCUT2D eigenvalue weighted by Gasteiger charge is 2.37. The third kappa shape index (κ3) is 1.94. The van der Waals surface area contributed by atoms with Crippen molar-refractivity contribution in [2.24, 2.45) is 0 Å². The van der Waals surface area contributed by atoms with Crippen LogP contribution < -0.4 is 0 Å². The summed E-state index contributed by atoms with van der Waals surface area (Å²) in [6, 6.07) is 20.6. The quantitative estimate of drug-likeness (QED) is 0.803. The van der Waals surface area contributed by atoms with Crippen molar-refractivity contribution >= 4 is 0 Å². The van der Waals surface area contributed by atoms with E-state index < -0.39 is 5.60 Å². The van der Waals surface area contributed by atoms with E-state index in [0.29, 0.717) is 19.8 Å². The lowest BCUT2D eigenvalue weighted by Crippen LogP contribution is -2.41. The molecule has 1 saturated heterocycles. The maximum Gasteiger partial charge on any atom is 0.141 e. The van der Waals surface area contributed by atoms with Crippen LogP contribution in [0, 0.1) is 0 Å². The highest BCUT2D eigenvalue weighted by atomic mass is 16.6. The van der Waals surface area contributed by atoms with Crippen LogP contribution in [0.4, 0.5) is 0 Å². The van der Waals surface area contributed by atoms with Gasteiger partial charge in [-0.1, -0.05) is 60.7 Å². The molecule has 0 N–H and O–H groups in total. The maximum atomic E-state index is 6.11. The maximum absolute atomic E-state index is 6.11. The van der Waals surface area contributed by atoms with Crippen LogP contribution in [0.5, 0.6) is 0 Å². The van der Waals surface area contributed by atoms with Crippen molar-refractivity contribution in [1.82, 2.24) is 0 Å². The lowest BCUT2D eigenvalue weighted by atomic mass is 9.86. The molecule has 0 aromatic heterocycles. The van der Waals surface area contributed by atoms with Crippen LogP contribution in [0.1, 0.15) is 11.1 Å². The van der Waals surface area contributed by atoms with Gasteiger partial charge in [-0.3, -0.25) is 0 Å². The number of rotatable bonds is 2. The predicted octanol–water partition coefficient (Wildman–Crippen LogP) is 2.98. The lowest BCUT2D eigenvalue weighted by Gasteiger charge is -2.38. The summed E-state index contributed by atoms with van der Waals surface area (Å²) < 4.78 is 11.8. The van der Waals surface area contributed by atoms with Crippen molar-refractivity contribution in [1.29, 1.82) is 0 Å². The molecule has 92 valence electrons. The molecule has 1 fully saturated rings. The zero-order valence-corrected chi connectivity index (χ0v) is 10.2. The van der Waals surface area contributed by atoms with E-state index in [4.69, 9.17) is 9.47 Å². The van der Waals surface area contributed by atoms with Crippen molar-refractivity contribution in [3.05, 3.63) is 71.8 Å². The van der Waals surface area contributed by atoms with E-state index in [1.807, 2.05) is 36.4 Å². The summed E-state index contributed by atoms with van der Waals surface area (Å²) in [7, 11) is 0. The highest BCUT2D eigenvalue weighted by Crippen LogP contribution is 2.35. The van der Waals surface area contributed by atoms with Crippen molar-refractivity contribution < 1.29 is 9.47 Å². The van der Waals surface area contributed by atoms with Crippen molar-refractivity contribution in [3.63, 3.8) is 0 Å². The molecule has 3 rings (SSSR count). The Morgan fingerprint density at radius 2 is 1.28 bits per heavy atom. The lowest BCUT2D eigenvalue weighted by molar-refractivity contribution is -0.140. The second-order valence-corrected chi connectivity index (χ2v) is 4.46. The fourth-order valence-corrected chi connectivity index (χ4v) is 2.45. The summed E-state index contributed by atoms with van der Waals surface area (Å²) in [5, 5.41) is 0. The molecule has 1 aliphatic heterocycles. The number of ether oxygens (including phenoxy) is 2. The van der Waals surface area contributed by atoms with Gasteiger partial charge in [0.25, 0.3) is 0 Å². The number of benzene rings is 2. The molecule has 2 heteroatoms. The molecule has 0 amide bonds. The Hall–Kier alpha value is -1.64. The normalized spacial score (nSPS) is 18.4. The first-order chi connectivity index (χ1) is 8.92. The number of hydrogen-bond acceptors (Lipinski definition) is 2. The number of hydrogen-bond donors (Lipinski definition) is 0. The van der Waals surface area contributed by atoms with Gasteiger partial charge in [0, 0.05) is 0 Å². The van der Waals surface area contributed by atoms with Crippen molar-refractivity contribution in [3.8, 4) is 0 Å². The molecule has 0 saturated carbocycles. The molecule has 2 aromatic carbocycles. The second-order valence-electron chi connectivity index (χ2n) is 4.46. The zero-order valence-electron chi connectivity index (χ0n) is 10.2. The Morgan fingerprint density at radius 1 is 0.722 bits per heavy atom. The minimum Gasteiger partial charge on any atom is -0.375 e. The zero-order chi connectivity index (χ0) is 12.3. The summed E-state index contributed by atoms with van der Waals surface area (Å²) in [4.78, 5) is 0. The molecule has 0 radical (unpaired) electrons. The van der Waals surface area contributed by atoms with Crippen LogP contribution in [0.3, 0.4) is 0 Å². The fraction of sp³-hybridized carbons (Fsp3) is 0.250. The van der Waals surface area contributed by atoms with Gasteiger partial charge in [-0.15, -0.1) is 0 Å². The van der Waals surface area contributed by atoms with E-state index in [2.05, 4.69) is 24.3 Å². The van der Waals surface area contributed by atoms with E-state index >= 15 is 0 Å². The first-order valence-corrected chi connectivity index (χ1v) is 6.25. The SMILES string of the molecule is c1ccc(C2(c3ccccc3)COCCO2)cc1. The second kappa shape index (κ2) is 4.92. The average molecular weight is 240 g/mol. The van der Waals surface area contributed by atoms with Gasteiger partial charge in [-0.25, -0.2) is 0 Å². The Kier molecular flexibility index (Phi) is 3.13. The molecule has 0 unspecified atom stereocenters. The van der Waals surface area contributed by atoms with E-state index in [1.165, 1.54) is 0 Å². The molecule has 0 aliphatic carbocycles. The first kappa shape index (κ1) is 11.5. The molecular weight excluding hydrogens is 224 g/mol. The Bertz CT molecular complexity index is 446. The van der Waals surface area contributed by atoms with E-state index in [-0.39, 0.29) is 0 Å². The van der Waals surface area contributed by atoms with Gasteiger partial charge in [0.05, 0.1) is 19.8 Å². The predicted molar refractivity (Wildman–Crippen MR) is 70.4 cm³/mol. The molecular formula is C16H16O2. The Labute approximate surface area is 107 Å². The van der Waals surface area contributed by atoms with E-state index in [0.717, 1.165) is 11.1 Å². The average Bonchev–Trinajstić information content (AvgIpc) is 2.50. The monoisotopic (exact) mass is 240 g/mol. The fourth-order valence-electron chi connectivity index (χ4n) is 2.45. The van der Waals surface area contributed by atoms with Gasteiger partial charge < -0.3 is 9.47 Å². The van der Waals surface area contributed by atoms with Gasteiger partial charge in [0.15, 0.2) is 0 Å². The first-order valence-electron chi connectivity index (χ1n) is 6.25. The summed E-state index contributed by atoms with van der Waals surface area (Å²) in [6.45, 7) is 1.87. The Balaban J connectivity index is 2.10. The molecule has 0 spiro atoms. The molecule has 1 heterocycles. The third-order valence-electron chi connectivity index (χ3n) is 3.36. The van der Waals surface area contributed by atoms with Gasteiger partial charge in [-0.2, -0.15) is 0 Å². The van der Waals surface area contributed by atoms with Crippen LogP contribution in [0.2, 0.25) is 0 Å². The largest absolute Gasteiger partial charge is 0.375 e. The standard InChI is InChI=1S/C16H16O2/c1-3-7-14(8-4-1)16(13-17-11-12-18-16)15-9-5-2-6-10-15/h1-10H,11-13H2. The molecule has 0 bridgehead atoms. The van der Waals surface area contributed by atoms with E-state index in [9.17, 15) is 0 Å². The molecule has 0 atom stereocenters. The van der Waals surface area contributed by atoms with Gasteiger partial charge in [0.1, 0.15) is 5.60 Å². The minimum absolute atomic E-state index is 0.458. The van der Waals surface area contributed by atoms with Gasteiger partial charge in [0.2, 0.25) is 0 Å². The molecule has 2 nitrogen and oxygen atoms in total. The van der Waals surface area contributed by atoms with Crippen molar-refractivity contribution in [2.75, 3.05) is 19.8 Å². The van der Waals surface area contributed by atoms with Crippen LogP contribution in [0.15, 0.2) is 60.7 Å². The van der Waals surface area contributed by atoms with Crippen LogP contribution >= 0.6 is 0 Å². The molecule has 2 aromatic rings. The Morgan fingerprint density at radius 3 is 1.72 bits per heavy atom. The van der Waals surface area contributed by atoms with Crippen LogP contribution in [-0.4, -0.2) is 19.8 Å². The summed E-state index contributed by atoms with van der Waals surface area (Å²) in [5.41, 5.74) is 1.84. The minimum atomic E-state index is -0.458. The highest BCUT2D eigenvalue weighted by molar-refractivity contribution is 5.36. The molecule has 18 heavy (non-hydrogen) atoms. The van der Waals surface area contributed by atoms with Crippen LogP contribution in [0.25, 0.3) is 0 Å². The smallest absolute Gasteiger partial charge is 0.141 e. The van der Waals surface area contributed by atoms with E-state index in [1.54, 1.807) is 0 Å². The topological polar surface area (TPSA) is 18.5 Å². The van der Waals surface area contributed by atoms with Gasteiger partial charge in [-0.05, 0) is 11.1 Å². The summed E-state index contributed by atoms with van der Waals surface area (Å²) >= 11 is 0. The van der Waals surface area contributed by atoms with Gasteiger partial charge >= 0.3 is 0 Å². The van der Waals surface area contributed by atoms with Crippen LogP contribution in [-0.2, 0) is 15.1 Å². The summed E-state index contributed by atoms with van der Waals surface area (Å²) in [5.74, 6) is 0. The third-order valence-corrected chi connectivity index (χ3v) is 3.36. The summed E-state index contributed by atoms with van der Waals surface area (Å²) in [6.07, 6.45) is 0. The molecule has 1 aliphatic rings. The van der Waals surface area contributed by atoms with Crippen molar-refractivity contribution in [2.45, 2.75) is 5.60 Å².